The molecule has 0 spiro atoms. The van der Waals surface area contributed by atoms with E-state index in [1.54, 1.807) is 31.2 Å². The summed E-state index contributed by atoms with van der Waals surface area (Å²) >= 11 is 3.34. The minimum Gasteiger partial charge on any atom is -0.493 e. The highest BCUT2D eigenvalue weighted by Gasteiger charge is 2.17. The molecule has 0 aliphatic carbocycles. The van der Waals surface area contributed by atoms with Gasteiger partial charge < -0.3 is 4.74 Å². The third-order valence-corrected chi connectivity index (χ3v) is 3.42. The Morgan fingerprint density at radius 2 is 1.95 bits per heavy atom. The summed E-state index contributed by atoms with van der Waals surface area (Å²) in [6, 6.07) is 9.43. The number of carbonyl (C=O) groups is 1. The standard InChI is InChI=1S/C16H14BrFO2/c1-3-20-15-7-5-11(17)8-14(15)16(19)13-9-12(18)6-4-10(13)2/h4-9H,3H2,1-2H3. The van der Waals surface area contributed by atoms with Crippen molar-refractivity contribution in [1.29, 1.82) is 0 Å². The van der Waals surface area contributed by atoms with Crippen LogP contribution in [0.5, 0.6) is 5.75 Å². The second kappa shape index (κ2) is 6.18. The first-order valence-electron chi connectivity index (χ1n) is 6.26. The van der Waals surface area contributed by atoms with Crippen molar-refractivity contribution >= 4 is 21.7 Å². The van der Waals surface area contributed by atoms with E-state index in [-0.39, 0.29) is 5.78 Å². The summed E-state index contributed by atoms with van der Waals surface area (Å²) < 4.78 is 19.6. The van der Waals surface area contributed by atoms with Crippen molar-refractivity contribution in [2.75, 3.05) is 6.61 Å². The average Bonchev–Trinajstić information content (AvgIpc) is 2.43. The van der Waals surface area contributed by atoms with Gasteiger partial charge in [-0.1, -0.05) is 22.0 Å². The van der Waals surface area contributed by atoms with Crippen LogP contribution in [0.2, 0.25) is 0 Å². The number of hydrogen-bond donors (Lipinski definition) is 0. The molecule has 0 aliphatic heterocycles. The zero-order valence-electron chi connectivity index (χ0n) is 11.2. The number of aryl methyl sites for hydroxylation is 1. The van der Waals surface area contributed by atoms with Gasteiger partial charge in [0.15, 0.2) is 5.78 Å². The third kappa shape index (κ3) is 3.07. The fourth-order valence-electron chi connectivity index (χ4n) is 1.94. The Hall–Kier alpha value is -1.68. The smallest absolute Gasteiger partial charge is 0.197 e. The lowest BCUT2D eigenvalue weighted by Crippen LogP contribution is -2.07. The second-order valence-corrected chi connectivity index (χ2v) is 5.28. The molecule has 0 radical (unpaired) electrons. The maximum absolute atomic E-state index is 13.4. The van der Waals surface area contributed by atoms with E-state index < -0.39 is 5.82 Å². The number of carbonyl (C=O) groups excluding carboxylic acids is 1. The molecule has 2 rings (SSSR count). The van der Waals surface area contributed by atoms with Crippen LogP contribution < -0.4 is 4.74 Å². The molecule has 0 amide bonds. The number of rotatable bonds is 4. The van der Waals surface area contributed by atoms with E-state index in [9.17, 15) is 9.18 Å². The summed E-state index contributed by atoms with van der Waals surface area (Å²) in [4.78, 5) is 12.6. The first-order valence-corrected chi connectivity index (χ1v) is 7.05. The highest BCUT2D eigenvalue weighted by molar-refractivity contribution is 9.10. The maximum atomic E-state index is 13.4. The van der Waals surface area contributed by atoms with Gasteiger partial charge in [-0.2, -0.15) is 0 Å². The Labute approximate surface area is 125 Å². The van der Waals surface area contributed by atoms with Crippen molar-refractivity contribution < 1.29 is 13.9 Å². The van der Waals surface area contributed by atoms with Gasteiger partial charge in [-0.3, -0.25) is 4.79 Å². The van der Waals surface area contributed by atoms with Crippen LogP contribution in [-0.4, -0.2) is 12.4 Å². The van der Waals surface area contributed by atoms with Gasteiger partial charge in [0.25, 0.3) is 0 Å². The van der Waals surface area contributed by atoms with Crippen LogP contribution in [0.1, 0.15) is 28.4 Å². The van der Waals surface area contributed by atoms with Gasteiger partial charge >= 0.3 is 0 Å². The van der Waals surface area contributed by atoms with Gasteiger partial charge in [-0.25, -0.2) is 4.39 Å². The molecule has 0 heterocycles. The van der Waals surface area contributed by atoms with E-state index in [1.807, 2.05) is 6.92 Å². The predicted octanol–water partition coefficient (Wildman–Crippen LogP) is 4.53. The Balaban J connectivity index is 2.52. The molecule has 2 aromatic rings. The first-order chi connectivity index (χ1) is 9.52. The number of hydrogen-bond acceptors (Lipinski definition) is 2. The molecule has 20 heavy (non-hydrogen) atoms. The summed E-state index contributed by atoms with van der Waals surface area (Å²) in [5.41, 5.74) is 1.51. The number of ketones is 1. The van der Waals surface area contributed by atoms with Crippen LogP contribution in [0.3, 0.4) is 0 Å². The maximum Gasteiger partial charge on any atom is 0.197 e. The fraction of sp³-hybridized carbons (Fsp3) is 0.188. The van der Waals surface area contributed by atoms with Crippen LogP contribution in [0.25, 0.3) is 0 Å². The zero-order chi connectivity index (χ0) is 14.7. The fourth-order valence-corrected chi connectivity index (χ4v) is 2.31. The van der Waals surface area contributed by atoms with Gasteiger partial charge in [-0.05, 0) is 49.7 Å². The normalized spacial score (nSPS) is 10.4. The molecule has 0 N–H and O–H groups in total. The SMILES string of the molecule is CCOc1ccc(Br)cc1C(=O)c1cc(F)ccc1C. The molecule has 0 saturated heterocycles. The molecule has 2 aromatic carbocycles. The quantitative estimate of drug-likeness (QED) is 0.767. The minimum atomic E-state index is -0.424. The number of benzene rings is 2. The van der Waals surface area contributed by atoms with Gasteiger partial charge in [0, 0.05) is 10.0 Å². The van der Waals surface area contributed by atoms with E-state index in [2.05, 4.69) is 15.9 Å². The zero-order valence-corrected chi connectivity index (χ0v) is 12.8. The monoisotopic (exact) mass is 336 g/mol. The van der Waals surface area contributed by atoms with Crippen LogP contribution in [0.15, 0.2) is 40.9 Å². The molecule has 0 atom stereocenters. The molecule has 4 heteroatoms. The first kappa shape index (κ1) is 14.7. The van der Waals surface area contributed by atoms with Crippen molar-refractivity contribution in [3.05, 3.63) is 63.4 Å². The topological polar surface area (TPSA) is 26.3 Å². The average molecular weight is 337 g/mol. The van der Waals surface area contributed by atoms with Crippen LogP contribution >= 0.6 is 15.9 Å². The third-order valence-electron chi connectivity index (χ3n) is 2.93. The Kier molecular flexibility index (Phi) is 4.55. The molecule has 0 unspecified atom stereocenters. The summed E-state index contributed by atoms with van der Waals surface area (Å²) in [7, 11) is 0. The predicted molar refractivity (Wildman–Crippen MR) is 79.9 cm³/mol. The second-order valence-electron chi connectivity index (χ2n) is 4.36. The van der Waals surface area contributed by atoms with E-state index in [0.29, 0.717) is 23.5 Å². The lowest BCUT2D eigenvalue weighted by Gasteiger charge is -2.11. The summed E-state index contributed by atoms with van der Waals surface area (Å²) in [6.07, 6.45) is 0. The van der Waals surface area contributed by atoms with Crippen LogP contribution in [-0.2, 0) is 0 Å². The molecule has 0 fully saturated rings. The summed E-state index contributed by atoms with van der Waals surface area (Å²) in [5.74, 6) is -0.164. The number of ether oxygens (including phenoxy) is 1. The molecular weight excluding hydrogens is 323 g/mol. The van der Waals surface area contributed by atoms with Gasteiger partial charge in [0.1, 0.15) is 11.6 Å². The van der Waals surface area contributed by atoms with Crippen molar-refractivity contribution in [2.24, 2.45) is 0 Å². The van der Waals surface area contributed by atoms with Crippen LogP contribution in [0, 0.1) is 12.7 Å². The van der Waals surface area contributed by atoms with E-state index in [4.69, 9.17) is 4.74 Å². The molecule has 2 nitrogen and oxygen atoms in total. The molecular formula is C16H14BrFO2. The number of halogens is 2. The molecule has 0 aromatic heterocycles. The lowest BCUT2D eigenvalue weighted by molar-refractivity contribution is 0.103. The summed E-state index contributed by atoms with van der Waals surface area (Å²) in [6.45, 7) is 4.10. The molecule has 0 bridgehead atoms. The van der Waals surface area contributed by atoms with Gasteiger partial charge in [0.05, 0.1) is 12.2 Å². The lowest BCUT2D eigenvalue weighted by atomic mass is 9.98. The van der Waals surface area contributed by atoms with Gasteiger partial charge in [0.2, 0.25) is 0 Å². The van der Waals surface area contributed by atoms with Crippen molar-refractivity contribution in [3.8, 4) is 5.75 Å². The van der Waals surface area contributed by atoms with Crippen molar-refractivity contribution in [2.45, 2.75) is 13.8 Å². The largest absolute Gasteiger partial charge is 0.493 e. The highest BCUT2D eigenvalue weighted by Crippen LogP contribution is 2.27. The van der Waals surface area contributed by atoms with Crippen LogP contribution in [0.4, 0.5) is 4.39 Å². The Bertz CT molecular complexity index is 653. The Morgan fingerprint density at radius 3 is 2.65 bits per heavy atom. The van der Waals surface area contributed by atoms with Crippen molar-refractivity contribution in [1.82, 2.24) is 0 Å². The summed E-state index contributed by atoms with van der Waals surface area (Å²) in [5, 5.41) is 0. The van der Waals surface area contributed by atoms with Crippen molar-refractivity contribution in [3.63, 3.8) is 0 Å². The molecule has 0 aliphatic rings. The Morgan fingerprint density at radius 1 is 1.20 bits per heavy atom. The van der Waals surface area contributed by atoms with E-state index >= 15 is 0 Å². The van der Waals surface area contributed by atoms with E-state index in [0.717, 1.165) is 10.0 Å². The highest BCUT2D eigenvalue weighted by atomic mass is 79.9. The molecule has 104 valence electrons. The van der Waals surface area contributed by atoms with Gasteiger partial charge in [-0.15, -0.1) is 0 Å². The minimum absolute atomic E-state index is 0.244. The molecule has 0 saturated carbocycles. The van der Waals surface area contributed by atoms with E-state index in [1.165, 1.54) is 12.1 Å².